The largest absolute Gasteiger partial charge is 0.379 e. The van der Waals surface area contributed by atoms with Crippen LogP contribution in [0.3, 0.4) is 0 Å². The molecule has 4 fully saturated rings. The minimum Gasteiger partial charge on any atom is -0.379 e. The lowest BCUT2D eigenvalue weighted by Crippen LogP contribution is -2.58. The fraction of sp³-hybridized carbons (Fsp3) is 0.583. The highest BCUT2D eigenvalue weighted by molar-refractivity contribution is 6.24. The van der Waals surface area contributed by atoms with Crippen LogP contribution >= 0.6 is 0 Å². The van der Waals surface area contributed by atoms with E-state index in [4.69, 9.17) is 43.1 Å². The second kappa shape index (κ2) is 32.4. The van der Waals surface area contributed by atoms with Crippen LogP contribution in [0.4, 0.5) is 10.1 Å². The highest BCUT2D eigenvalue weighted by Crippen LogP contribution is 2.52. The number of nitrogens with zero attached hydrogens (tertiary/aromatic N) is 7. The van der Waals surface area contributed by atoms with Gasteiger partial charge in [0.1, 0.15) is 11.9 Å². The summed E-state index contributed by atoms with van der Waals surface area (Å²) in [5, 5.41) is 5.19. The first-order chi connectivity index (χ1) is 46.1. The van der Waals surface area contributed by atoms with Crippen molar-refractivity contribution < 1.29 is 66.3 Å². The van der Waals surface area contributed by atoms with Crippen molar-refractivity contribution in [3.63, 3.8) is 0 Å². The SMILES string of the molecule is Cc1cc(F)c(Cc2nc(-c3ccc4c(c3)N(C3CC(N5CCCCC5)C3)C(=O)C43CCN(CCOCCOCCOCCOCCOCCOCCOCCCc4cccc5c4C(=O)N(C4CCC(=O)NC4=O)C5=O)CC3)cc3ncn(C(C)C)c23)cc1C(=O)NC(C)C. The number of pyridine rings is 1. The second-order valence-electron chi connectivity index (χ2n) is 26.5. The molecular formula is C72H94FN9O13. The van der Waals surface area contributed by atoms with Gasteiger partial charge in [-0.15, -0.1) is 0 Å². The van der Waals surface area contributed by atoms with Gasteiger partial charge in [-0.1, -0.05) is 30.7 Å². The Morgan fingerprint density at radius 1 is 0.716 bits per heavy atom. The van der Waals surface area contributed by atoms with Gasteiger partial charge in [0.05, 0.1) is 131 Å². The fourth-order valence-electron chi connectivity index (χ4n) is 14.3. The lowest BCUT2D eigenvalue weighted by atomic mass is 9.73. The first-order valence-electron chi connectivity index (χ1n) is 34.4. The maximum absolute atomic E-state index is 16.0. The van der Waals surface area contributed by atoms with E-state index in [1.165, 1.54) is 25.3 Å². The predicted octanol–water partition coefficient (Wildman–Crippen LogP) is 7.70. The third-order valence-electron chi connectivity index (χ3n) is 19.4. The van der Waals surface area contributed by atoms with E-state index in [1.54, 1.807) is 25.1 Å². The van der Waals surface area contributed by atoms with Gasteiger partial charge in [-0.05, 0) is 171 Å². The Bertz CT molecular complexity index is 3540. The Labute approximate surface area is 556 Å². The van der Waals surface area contributed by atoms with Gasteiger partial charge in [-0.25, -0.2) is 9.37 Å². The van der Waals surface area contributed by atoms with Gasteiger partial charge in [0.25, 0.3) is 17.7 Å². The molecule has 7 heterocycles. The van der Waals surface area contributed by atoms with Crippen LogP contribution in [-0.4, -0.2) is 214 Å². The average molecular weight is 1310 g/mol. The fourth-order valence-corrected chi connectivity index (χ4v) is 14.3. The van der Waals surface area contributed by atoms with Crippen molar-refractivity contribution in [2.45, 2.75) is 147 Å². The molecule has 6 aliphatic rings. The normalized spacial score (nSPS) is 19.8. The van der Waals surface area contributed by atoms with Gasteiger partial charge in [0, 0.05) is 67.0 Å². The molecule has 1 aliphatic carbocycles. The smallest absolute Gasteiger partial charge is 0.262 e. The quantitative estimate of drug-likeness (QED) is 0.0296. The average Bonchev–Trinajstić information content (AvgIpc) is 1.56. The van der Waals surface area contributed by atoms with Crippen molar-refractivity contribution in [3.05, 3.63) is 111 Å². The number of likely N-dealkylation sites (tertiary alicyclic amines) is 2. The number of fused-ring (bicyclic) bond motifs is 4. The van der Waals surface area contributed by atoms with Crippen molar-refractivity contribution in [1.29, 1.82) is 0 Å². The number of ether oxygens (including phenoxy) is 7. The zero-order valence-corrected chi connectivity index (χ0v) is 55.9. The zero-order valence-electron chi connectivity index (χ0n) is 55.9. The molecule has 11 rings (SSSR count). The van der Waals surface area contributed by atoms with Gasteiger partial charge < -0.3 is 57.7 Å². The van der Waals surface area contributed by atoms with Gasteiger partial charge in [0.2, 0.25) is 17.7 Å². The van der Waals surface area contributed by atoms with Gasteiger partial charge in [-0.3, -0.25) is 44.0 Å². The summed E-state index contributed by atoms with van der Waals surface area (Å²) in [5.41, 5.74) is 7.95. The number of amides is 6. The minimum absolute atomic E-state index is 0.0699. The Morgan fingerprint density at radius 2 is 1.36 bits per heavy atom. The maximum atomic E-state index is 16.0. The molecule has 0 bridgehead atoms. The highest BCUT2D eigenvalue weighted by atomic mass is 19.1. The van der Waals surface area contributed by atoms with Crippen molar-refractivity contribution >= 4 is 52.2 Å². The molecule has 3 aromatic carbocycles. The summed E-state index contributed by atoms with van der Waals surface area (Å²) < 4.78 is 58.1. The molecule has 1 atom stereocenters. The standard InChI is InChI=1S/C72H94FN9O13/c1-47(2)75-67(84)56-40-52(58(73)39-49(56)5)41-61-66-60(74-46-80(66)48(3)4)45-59(76-61)51-14-15-57-63(42-51)81(54-43-53(44-54)79-20-7-6-8-21-79)71(88)72(57)18-22-78(23-19-72)24-26-90-28-30-92-32-34-94-36-38-95-37-35-93-33-31-91-29-27-89-25-10-12-50-11-9-13-55-65(50)70(87)82(69(55)86)62-16-17-64(83)77-68(62)85/h9,11,13-15,39-40,42,45-48,53-54,62H,6-8,10,12,16-38,41,43-44H2,1-5H3,(H,75,84)(H,77,83,85). The molecule has 5 aromatic rings. The van der Waals surface area contributed by atoms with Gasteiger partial charge >= 0.3 is 0 Å². The van der Waals surface area contributed by atoms with E-state index < -0.39 is 40.9 Å². The third-order valence-corrected chi connectivity index (χ3v) is 19.4. The van der Waals surface area contributed by atoms with Crippen molar-refractivity contribution in [3.8, 4) is 11.3 Å². The molecule has 95 heavy (non-hydrogen) atoms. The Kier molecular flexibility index (Phi) is 23.7. The van der Waals surface area contributed by atoms with E-state index >= 15 is 9.18 Å². The molecule has 3 saturated heterocycles. The Balaban J connectivity index is 0.564. The summed E-state index contributed by atoms with van der Waals surface area (Å²) in [4.78, 5) is 97.4. The first kappa shape index (κ1) is 69.4. The van der Waals surface area contributed by atoms with E-state index in [0.29, 0.717) is 158 Å². The maximum Gasteiger partial charge on any atom is 0.262 e. The monoisotopic (exact) mass is 1310 g/mol. The number of carbonyl (C=O) groups excluding carboxylic acids is 6. The molecule has 512 valence electrons. The molecule has 1 unspecified atom stereocenters. The first-order valence-corrected chi connectivity index (χ1v) is 34.4. The summed E-state index contributed by atoms with van der Waals surface area (Å²) in [6, 6.07) is 16.3. The van der Waals surface area contributed by atoms with Crippen molar-refractivity contribution in [2.75, 3.05) is 130 Å². The number of halogens is 1. The van der Waals surface area contributed by atoms with Crippen LogP contribution in [0.15, 0.2) is 60.9 Å². The molecule has 23 heteroatoms. The van der Waals surface area contributed by atoms with Gasteiger partial charge in [0.15, 0.2) is 0 Å². The summed E-state index contributed by atoms with van der Waals surface area (Å²) in [5.74, 6) is -2.48. The third kappa shape index (κ3) is 16.2. The second-order valence-corrected chi connectivity index (χ2v) is 26.5. The number of anilines is 1. The molecule has 0 radical (unpaired) electrons. The number of carbonyl (C=O) groups is 6. The van der Waals surface area contributed by atoms with Crippen molar-refractivity contribution in [1.82, 2.24) is 39.9 Å². The van der Waals surface area contributed by atoms with Crippen LogP contribution in [-0.2, 0) is 65.8 Å². The number of piperidine rings is 3. The summed E-state index contributed by atoms with van der Waals surface area (Å²) in [6.07, 6.45) is 10.4. The van der Waals surface area contributed by atoms with Crippen LogP contribution < -0.4 is 15.5 Å². The van der Waals surface area contributed by atoms with Crippen LogP contribution in [0.1, 0.15) is 157 Å². The number of hydrogen-bond acceptors (Lipinski definition) is 17. The number of imidazole rings is 1. The molecule has 1 spiro atoms. The van der Waals surface area contributed by atoms with E-state index in [-0.39, 0.29) is 54.8 Å². The molecule has 22 nitrogen and oxygen atoms in total. The number of rotatable bonds is 34. The molecular weight excluding hydrogens is 1220 g/mol. The van der Waals surface area contributed by atoms with Crippen LogP contribution in [0, 0.1) is 12.7 Å². The summed E-state index contributed by atoms with van der Waals surface area (Å²) in [6.45, 7) is 20.5. The van der Waals surface area contributed by atoms with Crippen LogP contribution in [0.5, 0.6) is 0 Å². The lowest BCUT2D eigenvalue weighted by Gasteiger charge is -2.48. The number of aromatic nitrogens is 3. The molecule has 5 aliphatic heterocycles. The number of aryl methyl sites for hydroxylation is 2. The van der Waals surface area contributed by atoms with Crippen LogP contribution in [0.2, 0.25) is 0 Å². The zero-order chi connectivity index (χ0) is 66.6. The molecule has 1 saturated carbocycles. The lowest BCUT2D eigenvalue weighted by molar-refractivity contribution is -0.136. The Hall–Kier alpha value is -6.93. The summed E-state index contributed by atoms with van der Waals surface area (Å²) >= 11 is 0. The van der Waals surface area contributed by atoms with E-state index in [2.05, 4.69) is 61.9 Å². The molecule has 6 amide bonds. The van der Waals surface area contributed by atoms with E-state index in [0.717, 1.165) is 83.9 Å². The number of imide groups is 2. The Morgan fingerprint density at radius 3 is 1.99 bits per heavy atom. The minimum atomic E-state index is -0.998. The topological polar surface area (TPSA) is 235 Å². The highest BCUT2D eigenvalue weighted by Gasteiger charge is 2.56. The number of benzene rings is 3. The van der Waals surface area contributed by atoms with Crippen LogP contribution in [0.25, 0.3) is 22.3 Å². The summed E-state index contributed by atoms with van der Waals surface area (Å²) in [7, 11) is 0. The number of hydrogen-bond donors (Lipinski definition) is 2. The van der Waals surface area contributed by atoms with E-state index in [9.17, 15) is 24.0 Å². The number of nitrogens with one attached hydrogen (secondary N) is 2. The van der Waals surface area contributed by atoms with Crippen molar-refractivity contribution in [2.24, 2.45) is 0 Å². The van der Waals surface area contributed by atoms with E-state index in [1.807, 2.05) is 32.3 Å². The molecule has 2 N–H and O–H groups in total. The molecule has 2 aromatic heterocycles. The predicted molar refractivity (Wildman–Crippen MR) is 354 cm³/mol. The van der Waals surface area contributed by atoms with Gasteiger partial charge in [-0.2, -0.15) is 0 Å².